The SMILES string of the molecule is O=C(CC1CCCC1)N1CCCN(C(=O)C2CCCCC2C(F)(F)F)CC1. The molecule has 0 aromatic heterocycles. The Bertz CT molecular complexity index is 532. The first kappa shape index (κ1) is 20.5. The fourth-order valence-electron chi connectivity index (χ4n) is 5.03. The van der Waals surface area contributed by atoms with Crippen molar-refractivity contribution < 1.29 is 22.8 Å². The lowest BCUT2D eigenvalue weighted by Crippen LogP contribution is -2.46. The van der Waals surface area contributed by atoms with Crippen LogP contribution in [0.3, 0.4) is 0 Å². The maximum Gasteiger partial charge on any atom is 0.392 e. The zero-order valence-electron chi connectivity index (χ0n) is 16.0. The predicted octanol–water partition coefficient (Wildman–Crippen LogP) is 4.00. The molecule has 2 aliphatic carbocycles. The topological polar surface area (TPSA) is 40.6 Å². The van der Waals surface area contributed by atoms with Gasteiger partial charge in [0.05, 0.1) is 5.92 Å². The summed E-state index contributed by atoms with van der Waals surface area (Å²) in [6.07, 6.45) is 3.14. The van der Waals surface area contributed by atoms with Gasteiger partial charge in [0.15, 0.2) is 0 Å². The Morgan fingerprint density at radius 3 is 2.07 bits per heavy atom. The van der Waals surface area contributed by atoms with E-state index in [0.29, 0.717) is 64.2 Å². The Balaban J connectivity index is 1.56. The largest absolute Gasteiger partial charge is 0.392 e. The molecule has 2 amide bonds. The maximum atomic E-state index is 13.3. The van der Waals surface area contributed by atoms with Gasteiger partial charge in [-0.1, -0.05) is 25.7 Å². The summed E-state index contributed by atoms with van der Waals surface area (Å²) >= 11 is 0. The molecule has 3 fully saturated rings. The van der Waals surface area contributed by atoms with Crippen LogP contribution in [-0.4, -0.2) is 54.0 Å². The fraction of sp³-hybridized carbons (Fsp3) is 0.900. The van der Waals surface area contributed by atoms with Crippen LogP contribution in [-0.2, 0) is 9.59 Å². The third-order valence-corrected chi connectivity index (χ3v) is 6.60. The molecule has 1 aliphatic heterocycles. The van der Waals surface area contributed by atoms with Crippen LogP contribution in [0.15, 0.2) is 0 Å². The molecule has 7 heteroatoms. The molecule has 0 aromatic carbocycles. The number of alkyl halides is 3. The van der Waals surface area contributed by atoms with Gasteiger partial charge in [-0.3, -0.25) is 9.59 Å². The standard InChI is InChI=1S/C20H31F3N2O2/c21-20(22,23)17-9-4-3-8-16(17)19(27)25-11-5-10-24(12-13-25)18(26)14-15-6-1-2-7-15/h15-17H,1-14H2. The van der Waals surface area contributed by atoms with E-state index in [1.807, 2.05) is 4.90 Å². The molecule has 154 valence electrons. The van der Waals surface area contributed by atoms with E-state index in [-0.39, 0.29) is 18.2 Å². The van der Waals surface area contributed by atoms with Crippen LogP contribution in [0.2, 0.25) is 0 Å². The highest BCUT2D eigenvalue weighted by Crippen LogP contribution is 2.42. The van der Waals surface area contributed by atoms with E-state index in [1.54, 1.807) is 4.90 Å². The fourth-order valence-corrected chi connectivity index (χ4v) is 5.03. The van der Waals surface area contributed by atoms with Gasteiger partial charge in [-0.05, 0) is 38.0 Å². The van der Waals surface area contributed by atoms with Crippen molar-refractivity contribution in [3.8, 4) is 0 Å². The second kappa shape index (κ2) is 8.82. The molecule has 2 saturated carbocycles. The Labute approximate surface area is 159 Å². The van der Waals surface area contributed by atoms with Crippen LogP contribution >= 0.6 is 0 Å². The molecule has 0 N–H and O–H groups in total. The number of rotatable bonds is 3. The third kappa shape index (κ3) is 5.17. The van der Waals surface area contributed by atoms with Crippen molar-refractivity contribution in [1.29, 1.82) is 0 Å². The lowest BCUT2D eigenvalue weighted by molar-refractivity contribution is -0.200. The van der Waals surface area contributed by atoms with Crippen LogP contribution in [0.25, 0.3) is 0 Å². The molecule has 4 nitrogen and oxygen atoms in total. The maximum absolute atomic E-state index is 13.3. The van der Waals surface area contributed by atoms with Crippen LogP contribution in [0, 0.1) is 17.8 Å². The van der Waals surface area contributed by atoms with E-state index in [4.69, 9.17) is 0 Å². The number of hydrogen-bond acceptors (Lipinski definition) is 2. The van der Waals surface area contributed by atoms with Gasteiger partial charge in [0, 0.05) is 38.5 Å². The van der Waals surface area contributed by atoms with Crippen LogP contribution < -0.4 is 0 Å². The molecular formula is C20H31F3N2O2. The summed E-state index contributed by atoms with van der Waals surface area (Å²) in [6.45, 7) is 1.85. The Morgan fingerprint density at radius 1 is 0.778 bits per heavy atom. The Kier molecular flexibility index (Phi) is 6.69. The van der Waals surface area contributed by atoms with Crippen LogP contribution in [0.1, 0.15) is 64.2 Å². The van der Waals surface area contributed by atoms with Gasteiger partial charge in [0.2, 0.25) is 11.8 Å². The number of hydrogen-bond donors (Lipinski definition) is 0. The Morgan fingerprint density at radius 2 is 1.37 bits per heavy atom. The zero-order chi connectivity index (χ0) is 19.4. The molecule has 0 aromatic rings. The highest BCUT2D eigenvalue weighted by atomic mass is 19.4. The number of amides is 2. The van der Waals surface area contributed by atoms with E-state index in [1.165, 1.54) is 12.8 Å². The Hall–Kier alpha value is -1.27. The van der Waals surface area contributed by atoms with Gasteiger partial charge < -0.3 is 9.80 Å². The van der Waals surface area contributed by atoms with Crippen molar-refractivity contribution in [1.82, 2.24) is 9.80 Å². The zero-order valence-corrected chi connectivity index (χ0v) is 16.0. The average molecular weight is 388 g/mol. The van der Waals surface area contributed by atoms with Crippen molar-refractivity contribution in [2.45, 2.75) is 70.4 Å². The monoisotopic (exact) mass is 388 g/mol. The van der Waals surface area contributed by atoms with Gasteiger partial charge in [-0.15, -0.1) is 0 Å². The molecule has 0 spiro atoms. The lowest BCUT2D eigenvalue weighted by atomic mass is 9.78. The van der Waals surface area contributed by atoms with E-state index in [0.717, 1.165) is 12.8 Å². The summed E-state index contributed by atoms with van der Waals surface area (Å²) in [5.41, 5.74) is 0. The van der Waals surface area contributed by atoms with Crippen LogP contribution in [0.5, 0.6) is 0 Å². The molecule has 27 heavy (non-hydrogen) atoms. The number of carbonyl (C=O) groups is 2. The summed E-state index contributed by atoms with van der Waals surface area (Å²) in [6, 6.07) is 0. The predicted molar refractivity (Wildman–Crippen MR) is 95.9 cm³/mol. The summed E-state index contributed by atoms with van der Waals surface area (Å²) < 4.78 is 40.0. The van der Waals surface area contributed by atoms with Gasteiger partial charge in [-0.2, -0.15) is 13.2 Å². The lowest BCUT2D eigenvalue weighted by Gasteiger charge is -2.35. The average Bonchev–Trinajstić information content (AvgIpc) is 3.01. The molecule has 0 bridgehead atoms. The van der Waals surface area contributed by atoms with Crippen molar-refractivity contribution in [2.75, 3.05) is 26.2 Å². The summed E-state index contributed by atoms with van der Waals surface area (Å²) in [7, 11) is 0. The van der Waals surface area contributed by atoms with Gasteiger partial charge >= 0.3 is 6.18 Å². The minimum atomic E-state index is -4.31. The normalized spacial score (nSPS) is 28.3. The van der Waals surface area contributed by atoms with Gasteiger partial charge in [-0.25, -0.2) is 0 Å². The van der Waals surface area contributed by atoms with Crippen molar-refractivity contribution in [2.24, 2.45) is 17.8 Å². The van der Waals surface area contributed by atoms with E-state index in [9.17, 15) is 22.8 Å². The minimum Gasteiger partial charge on any atom is -0.341 e. The van der Waals surface area contributed by atoms with E-state index < -0.39 is 18.0 Å². The molecular weight excluding hydrogens is 357 g/mol. The molecule has 1 heterocycles. The molecule has 1 saturated heterocycles. The molecule has 3 rings (SSSR count). The first-order valence-electron chi connectivity index (χ1n) is 10.5. The third-order valence-electron chi connectivity index (χ3n) is 6.60. The quantitative estimate of drug-likeness (QED) is 0.733. The second-order valence-corrected chi connectivity index (χ2v) is 8.45. The molecule has 2 unspecified atom stereocenters. The highest BCUT2D eigenvalue weighted by Gasteiger charge is 2.49. The number of nitrogens with zero attached hydrogens (tertiary/aromatic N) is 2. The molecule has 0 radical (unpaired) electrons. The number of carbonyl (C=O) groups excluding carboxylic acids is 2. The number of halogens is 3. The van der Waals surface area contributed by atoms with Gasteiger partial charge in [0.1, 0.15) is 0 Å². The smallest absolute Gasteiger partial charge is 0.341 e. The summed E-state index contributed by atoms with van der Waals surface area (Å²) in [4.78, 5) is 28.8. The van der Waals surface area contributed by atoms with Crippen molar-refractivity contribution in [3.63, 3.8) is 0 Å². The minimum absolute atomic E-state index is 0.0553. The molecule has 3 aliphatic rings. The summed E-state index contributed by atoms with van der Waals surface area (Å²) in [5.74, 6) is -2.20. The first-order valence-corrected chi connectivity index (χ1v) is 10.5. The molecule has 2 atom stereocenters. The van der Waals surface area contributed by atoms with E-state index >= 15 is 0 Å². The highest BCUT2D eigenvalue weighted by molar-refractivity contribution is 5.80. The van der Waals surface area contributed by atoms with Crippen LogP contribution in [0.4, 0.5) is 13.2 Å². The van der Waals surface area contributed by atoms with E-state index in [2.05, 4.69) is 0 Å². The first-order chi connectivity index (χ1) is 12.9. The van der Waals surface area contributed by atoms with Crippen molar-refractivity contribution >= 4 is 11.8 Å². The summed E-state index contributed by atoms with van der Waals surface area (Å²) in [5, 5.41) is 0. The second-order valence-electron chi connectivity index (χ2n) is 8.45. The van der Waals surface area contributed by atoms with Crippen molar-refractivity contribution in [3.05, 3.63) is 0 Å². The van der Waals surface area contributed by atoms with Gasteiger partial charge in [0.25, 0.3) is 0 Å².